The molecule has 1 aliphatic rings. The zero-order valence-corrected chi connectivity index (χ0v) is 13.5. The minimum atomic E-state index is 0.336. The maximum atomic E-state index is 5.39. The number of hydrogen-bond acceptors (Lipinski definition) is 6. The largest absolute Gasteiger partial charge is 0.384 e. The molecule has 0 spiro atoms. The van der Waals surface area contributed by atoms with Gasteiger partial charge in [-0.25, -0.2) is 9.97 Å². The molecule has 1 fully saturated rings. The van der Waals surface area contributed by atoms with Crippen LogP contribution in [0.15, 0.2) is 5.51 Å². The van der Waals surface area contributed by atoms with Crippen LogP contribution in [-0.2, 0) is 11.3 Å². The molecule has 6 nitrogen and oxygen atoms in total. The van der Waals surface area contributed by atoms with Crippen LogP contribution in [-0.4, -0.2) is 51.9 Å². The van der Waals surface area contributed by atoms with Gasteiger partial charge in [0.1, 0.15) is 5.82 Å². The Hall–Kier alpha value is -1.31. The lowest BCUT2D eigenvalue weighted by Crippen LogP contribution is -2.21. The van der Waals surface area contributed by atoms with Crippen molar-refractivity contribution in [3.05, 3.63) is 27.7 Å². The van der Waals surface area contributed by atoms with Crippen LogP contribution in [0.5, 0.6) is 0 Å². The standard InChI is InChI=1S/C14H21N5OS/c1-9-13(21-8-15-9)6-19-4-11(7-20-3)12(5-19)14-16-10(2)17-18-14/h8,11-12H,4-7H2,1-3H3,(H,16,17,18)/t11-,12+/m0/s1. The minimum absolute atomic E-state index is 0.336. The minimum Gasteiger partial charge on any atom is -0.384 e. The normalized spacial score (nSPS) is 23.0. The highest BCUT2D eigenvalue weighted by Gasteiger charge is 2.36. The molecule has 7 heteroatoms. The number of methoxy groups -OCH3 is 1. The van der Waals surface area contributed by atoms with Gasteiger partial charge < -0.3 is 4.74 Å². The molecule has 0 amide bonds. The molecule has 2 atom stereocenters. The Kier molecular flexibility index (Phi) is 4.32. The second-order valence-electron chi connectivity index (χ2n) is 5.66. The number of likely N-dealkylation sites (tertiary alicyclic amines) is 1. The summed E-state index contributed by atoms with van der Waals surface area (Å²) in [6.07, 6.45) is 0. The van der Waals surface area contributed by atoms with Crippen molar-refractivity contribution < 1.29 is 4.74 Å². The number of aryl methyl sites for hydroxylation is 2. The highest BCUT2D eigenvalue weighted by molar-refractivity contribution is 7.09. The predicted octanol–water partition coefficient (Wildman–Crippen LogP) is 1.74. The summed E-state index contributed by atoms with van der Waals surface area (Å²) < 4.78 is 5.39. The average molecular weight is 307 g/mol. The van der Waals surface area contributed by atoms with Gasteiger partial charge in [-0.1, -0.05) is 0 Å². The number of hydrogen-bond donors (Lipinski definition) is 1. The summed E-state index contributed by atoms with van der Waals surface area (Å²) in [5.41, 5.74) is 3.06. The second kappa shape index (κ2) is 6.21. The van der Waals surface area contributed by atoms with E-state index in [1.807, 2.05) is 12.4 Å². The lowest BCUT2D eigenvalue weighted by atomic mass is 9.96. The number of aromatic amines is 1. The van der Waals surface area contributed by atoms with Crippen LogP contribution in [0.25, 0.3) is 0 Å². The van der Waals surface area contributed by atoms with Gasteiger partial charge in [0, 0.05) is 43.5 Å². The van der Waals surface area contributed by atoms with E-state index >= 15 is 0 Å². The zero-order chi connectivity index (χ0) is 14.8. The molecule has 2 aromatic heterocycles. The third-order valence-electron chi connectivity index (χ3n) is 4.06. The molecule has 0 aromatic carbocycles. The fourth-order valence-electron chi connectivity index (χ4n) is 2.97. The molecule has 0 bridgehead atoms. The van der Waals surface area contributed by atoms with Crippen LogP contribution in [0.4, 0.5) is 0 Å². The van der Waals surface area contributed by atoms with Crippen molar-refractivity contribution in [2.24, 2.45) is 5.92 Å². The smallest absolute Gasteiger partial charge is 0.155 e. The van der Waals surface area contributed by atoms with Crippen LogP contribution in [0.3, 0.4) is 0 Å². The van der Waals surface area contributed by atoms with Crippen molar-refractivity contribution in [2.45, 2.75) is 26.3 Å². The molecular weight excluding hydrogens is 286 g/mol. The molecule has 2 aromatic rings. The first kappa shape index (κ1) is 14.6. The van der Waals surface area contributed by atoms with E-state index < -0.39 is 0 Å². The molecule has 0 radical (unpaired) electrons. The van der Waals surface area contributed by atoms with E-state index in [-0.39, 0.29) is 0 Å². The fraction of sp³-hybridized carbons (Fsp3) is 0.643. The summed E-state index contributed by atoms with van der Waals surface area (Å²) in [4.78, 5) is 12.7. The molecule has 1 N–H and O–H groups in total. The summed E-state index contributed by atoms with van der Waals surface area (Å²) in [6.45, 7) is 7.71. The molecule has 3 rings (SSSR count). The molecule has 114 valence electrons. The summed E-state index contributed by atoms with van der Waals surface area (Å²) in [6, 6.07) is 0. The van der Waals surface area contributed by atoms with Crippen LogP contribution < -0.4 is 0 Å². The second-order valence-corrected chi connectivity index (χ2v) is 6.60. The molecule has 1 saturated heterocycles. The Labute approximate surface area is 128 Å². The van der Waals surface area contributed by atoms with Crippen molar-refractivity contribution in [3.8, 4) is 0 Å². The molecule has 0 unspecified atom stereocenters. The first-order chi connectivity index (χ1) is 10.2. The summed E-state index contributed by atoms with van der Waals surface area (Å²) in [5.74, 6) is 2.57. The van der Waals surface area contributed by atoms with E-state index in [1.165, 1.54) is 4.88 Å². The van der Waals surface area contributed by atoms with Crippen LogP contribution in [0.1, 0.15) is 28.1 Å². The van der Waals surface area contributed by atoms with Crippen molar-refractivity contribution >= 4 is 11.3 Å². The van der Waals surface area contributed by atoms with Crippen molar-refractivity contribution in [3.63, 3.8) is 0 Å². The van der Waals surface area contributed by atoms with Gasteiger partial charge in [-0.2, -0.15) is 5.10 Å². The molecule has 1 aliphatic heterocycles. The maximum Gasteiger partial charge on any atom is 0.155 e. The van der Waals surface area contributed by atoms with Gasteiger partial charge in [0.15, 0.2) is 5.82 Å². The van der Waals surface area contributed by atoms with Crippen molar-refractivity contribution in [2.75, 3.05) is 26.8 Å². The highest BCUT2D eigenvalue weighted by atomic mass is 32.1. The van der Waals surface area contributed by atoms with Crippen LogP contribution in [0.2, 0.25) is 0 Å². The Morgan fingerprint density at radius 3 is 2.90 bits per heavy atom. The van der Waals surface area contributed by atoms with Gasteiger partial charge in [-0.15, -0.1) is 11.3 Å². The van der Waals surface area contributed by atoms with Crippen molar-refractivity contribution in [1.82, 2.24) is 25.1 Å². The number of thiazole rings is 1. The third kappa shape index (κ3) is 3.14. The van der Waals surface area contributed by atoms with Gasteiger partial charge in [-0.3, -0.25) is 10.00 Å². The average Bonchev–Trinajstić information content (AvgIpc) is 3.13. The molecule has 0 saturated carbocycles. The zero-order valence-electron chi connectivity index (χ0n) is 12.7. The Balaban J connectivity index is 1.73. The van der Waals surface area contributed by atoms with Gasteiger partial charge in [0.25, 0.3) is 0 Å². The molecule has 21 heavy (non-hydrogen) atoms. The number of H-pyrrole nitrogens is 1. The number of nitrogens with zero attached hydrogens (tertiary/aromatic N) is 4. The first-order valence-electron chi connectivity index (χ1n) is 7.16. The Bertz CT molecular complexity index is 596. The number of ether oxygens (including phenoxy) is 1. The van der Waals surface area contributed by atoms with Crippen molar-refractivity contribution in [1.29, 1.82) is 0 Å². The molecular formula is C14H21N5OS. The van der Waals surface area contributed by atoms with E-state index in [9.17, 15) is 0 Å². The lowest BCUT2D eigenvalue weighted by molar-refractivity contribution is 0.146. The molecule has 0 aliphatic carbocycles. The maximum absolute atomic E-state index is 5.39. The molecule has 3 heterocycles. The van der Waals surface area contributed by atoms with Gasteiger partial charge >= 0.3 is 0 Å². The predicted molar refractivity (Wildman–Crippen MR) is 81.4 cm³/mol. The van der Waals surface area contributed by atoms with E-state index in [0.29, 0.717) is 11.8 Å². The SMILES string of the molecule is COC[C@@H]1CN(Cc2scnc2C)C[C@H]1c1n[nH]c(C)n1. The highest BCUT2D eigenvalue weighted by Crippen LogP contribution is 2.32. The quantitative estimate of drug-likeness (QED) is 0.911. The summed E-state index contributed by atoms with van der Waals surface area (Å²) >= 11 is 1.73. The van der Waals surface area contributed by atoms with Gasteiger partial charge in [0.05, 0.1) is 17.8 Å². The Morgan fingerprint density at radius 2 is 2.29 bits per heavy atom. The van der Waals surface area contributed by atoms with E-state index in [0.717, 1.165) is 43.6 Å². The summed E-state index contributed by atoms with van der Waals surface area (Å²) in [5, 5.41) is 7.30. The topological polar surface area (TPSA) is 66.9 Å². The van der Waals surface area contributed by atoms with E-state index in [1.54, 1.807) is 18.4 Å². The summed E-state index contributed by atoms with van der Waals surface area (Å²) in [7, 11) is 1.76. The Morgan fingerprint density at radius 1 is 1.43 bits per heavy atom. The van der Waals surface area contributed by atoms with Crippen LogP contribution in [0, 0.1) is 19.8 Å². The van der Waals surface area contributed by atoms with Crippen LogP contribution >= 0.6 is 11.3 Å². The third-order valence-corrected chi connectivity index (χ3v) is 4.98. The van der Waals surface area contributed by atoms with Gasteiger partial charge in [0.2, 0.25) is 0 Å². The fourth-order valence-corrected chi connectivity index (χ4v) is 3.79. The number of rotatable bonds is 5. The number of aromatic nitrogens is 4. The lowest BCUT2D eigenvalue weighted by Gasteiger charge is -2.14. The van der Waals surface area contributed by atoms with Gasteiger partial charge in [-0.05, 0) is 13.8 Å². The number of nitrogens with one attached hydrogen (secondary N) is 1. The monoisotopic (exact) mass is 307 g/mol. The van der Waals surface area contributed by atoms with E-state index in [2.05, 4.69) is 32.0 Å². The van der Waals surface area contributed by atoms with E-state index in [4.69, 9.17) is 4.74 Å². The first-order valence-corrected chi connectivity index (χ1v) is 8.04.